The van der Waals surface area contributed by atoms with Crippen molar-refractivity contribution in [1.82, 2.24) is 10.6 Å². The number of hydrogen-bond acceptors (Lipinski definition) is 5. The first-order valence-corrected chi connectivity index (χ1v) is 9.75. The van der Waals surface area contributed by atoms with Crippen molar-refractivity contribution in [3.05, 3.63) is 90.0 Å². The molecule has 31 heavy (non-hydrogen) atoms. The molecule has 0 fully saturated rings. The zero-order valence-electron chi connectivity index (χ0n) is 17.3. The molecule has 7 heteroatoms. The van der Waals surface area contributed by atoms with Crippen LogP contribution in [0.1, 0.15) is 23.0 Å². The number of amides is 2. The first-order chi connectivity index (χ1) is 15.1. The Labute approximate surface area is 180 Å². The number of para-hydroxylation sites is 2. The normalized spacial score (nSPS) is 12.0. The van der Waals surface area contributed by atoms with Crippen molar-refractivity contribution in [3.8, 4) is 11.5 Å². The van der Waals surface area contributed by atoms with E-state index in [-0.39, 0.29) is 18.3 Å². The summed E-state index contributed by atoms with van der Waals surface area (Å²) < 4.78 is 16.3. The molecule has 2 aromatic carbocycles. The Morgan fingerprint density at radius 1 is 1.00 bits per heavy atom. The number of carbonyl (C=O) groups is 2. The summed E-state index contributed by atoms with van der Waals surface area (Å²) in [6.07, 6.45) is 2.97. The number of rotatable bonds is 9. The molecule has 0 bridgehead atoms. The molecule has 0 unspecified atom stereocenters. The predicted molar refractivity (Wildman–Crippen MR) is 117 cm³/mol. The average Bonchev–Trinajstić information content (AvgIpc) is 3.31. The topological polar surface area (TPSA) is 89.8 Å². The maximum Gasteiger partial charge on any atom is 0.268 e. The standard InChI is InChI=1S/C24H24N2O5/c1-17(16-31-22-13-7-6-12-21(22)29-2)25-24(28)20(15-19-11-8-14-30-19)26-23(27)18-9-4-3-5-10-18/h3-15,17H,16H2,1-2H3,(H,25,28)(H,26,27)/b20-15-/t17-/m1/s1. The van der Waals surface area contributed by atoms with E-state index in [4.69, 9.17) is 13.9 Å². The summed E-state index contributed by atoms with van der Waals surface area (Å²) in [6, 6.07) is 19.0. The molecule has 160 valence electrons. The lowest BCUT2D eigenvalue weighted by Crippen LogP contribution is -2.41. The van der Waals surface area contributed by atoms with Crippen LogP contribution in [0.3, 0.4) is 0 Å². The highest BCUT2D eigenvalue weighted by Gasteiger charge is 2.18. The van der Waals surface area contributed by atoms with Gasteiger partial charge in [-0.3, -0.25) is 9.59 Å². The molecular formula is C24H24N2O5. The predicted octanol–water partition coefficient (Wildman–Crippen LogP) is 3.64. The van der Waals surface area contributed by atoms with Crippen molar-refractivity contribution in [3.63, 3.8) is 0 Å². The highest BCUT2D eigenvalue weighted by Crippen LogP contribution is 2.25. The van der Waals surface area contributed by atoms with Crippen LogP contribution in [0.5, 0.6) is 11.5 Å². The third kappa shape index (κ3) is 6.24. The molecule has 1 heterocycles. The summed E-state index contributed by atoms with van der Waals surface area (Å²) in [4.78, 5) is 25.4. The molecule has 0 saturated heterocycles. The summed E-state index contributed by atoms with van der Waals surface area (Å²) >= 11 is 0. The minimum absolute atomic E-state index is 0.0629. The molecule has 3 rings (SSSR count). The number of furan rings is 1. The monoisotopic (exact) mass is 420 g/mol. The van der Waals surface area contributed by atoms with Gasteiger partial charge in [-0.05, 0) is 43.3 Å². The van der Waals surface area contributed by atoms with Crippen LogP contribution in [0.15, 0.2) is 83.1 Å². The number of ether oxygens (including phenoxy) is 2. The van der Waals surface area contributed by atoms with E-state index in [1.807, 2.05) is 18.2 Å². The Balaban J connectivity index is 1.67. The highest BCUT2D eigenvalue weighted by molar-refractivity contribution is 6.05. The Morgan fingerprint density at radius 2 is 1.71 bits per heavy atom. The van der Waals surface area contributed by atoms with Crippen LogP contribution in [0.25, 0.3) is 6.08 Å². The van der Waals surface area contributed by atoms with Gasteiger partial charge < -0.3 is 24.5 Å². The van der Waals surface area contributed by atoms with Crippen molar-refractivity contribution < 1.29 is 23.5 Å². The van der Waals surface area contributed by atoms with E-state index in [9.17, 15) is 9.59 Å². The third-order valence-electron chi connectivity index (χ3n) is 4.29. The van der Waals surface area contributed by atoms with E-state index in [2.05, 4.69) is 10.6 Å². The van der Waals surface area contributed by atoms with Crippen LogP contribution in [0.2, 0.25) is 0 Å². The summed E-state index contributed by atoms with van der Waals surface area (Å²) in [5.41, 5.74) is 0.501. The van der Waals surface area contributed by atoms with Gasteiger partial charge in [0.15, 0.2) is 11.5 Å². The fourth-order valence-electron chi connectivity index (χ4n) is 2.75. The Bertz CT molecular complexity index is 1030. The minimum Gasteiger partial charge on any atom is -0.493 e. The molecule has 2 N–H and O–H groups in total. The molecule has 0 saturated carbocycles. The second-order valence-corrected chi connectivity index (χ2v) is 6.73. The van der Waals surface area contributed by atoms with Crippen LogP contribution in [0.4, 0.5) is 0 Å². The third-order valence-corrected chi connectivity index (χ3v) is 4.29. The fraction of sp³-hybridized carbons (Fsp3) is 0.167. The van der Waals surface area contributed by atoms with Gasteiger partial charge in [-0.2, -0.15) is 0 Å². The number of benzene rings is 2. The van der Waals surface area contributed by atoms with Gasteiger partial charge in [-0.25, -0.2) is 0 Å². The van der Waals surface area contributed by atoms with E-state index in [0.717, 1.165) is 0 Å². The first-order valence-electron chi connectivity index (χ1n) is 9.75. The van der Waals surface area contributed by atoms with E-state index < -0.39 is 11.8 Å². The molecule has 0 aliphatic carbocycles. The Hall–Kier alpha value is -4.00. The lowest BCUT2D eigenvalue weighted by molar-refractivity contribution is -0.118. The quantitative estimate of drug-likeness (QED) is 0.516. The summed E-state index contributed by atoms with van der Waals surface area (Å²) in [7, 11) is 1.56. The van der Waals surface area contributed by atoms with E-state index >= 15 is 0 Å². The number of nitrogens with one attached hydrogen (secondary N) is 2. The lowest BCUT2D eigenvalue weighted by atomic mass is 10.2. The molecule has 0 aliphatic heterocycles. The van der Waals surface area contributed by atoms with Crippen LogP contribution >= 0.6 is 0 Å². The van der Waals surface area contributed by atoms with Crippen molar-refractivity contribution in [2.75, 3.05) is 13.7 Å². The van der Waals surface area contributed by atoms with E-state index in [1.165, 1.54) is 12.3 Å². The maximum atomic E-state index is 12.9. The molecular weight excluding hydrogens is 396 g/mol. The summed E-state index contributed by atoms with van der Waals surface area (Å²) in [5, 5.41) is 5.49. The second-order valence-electron chi connectivity index (χ2n) is 6.73. The SMILES string of the molecule is COc1ccccc1OC[C@@H](C)NC(=O)/C(=C/c1ccco1)NC(=O)c1ccccc1. The second kappa shape index (κ2) is 10.7. The smallest absolute Gasteiger partial charge is 0.268 e. The number of hydrogen-bond donors (Lipinski definition) is 2. The molecule has 1 aromatic heterocycles. The average molecular weight is 420 g/mol. The summed E-state index contributed by atoms with van der Waals surface area (Å²) in [6.45, 7) is 2.02. The van der Waals surface area contributed by atoms with Gasteiger partial charge in [0, 0.05) is 11.6 Å². The largest absolute Gasteiger partial charge is 0.493 e. The van der Waals surface area contributed by atoms with Crippen LogP contribution in [-0.4, -0.2) is 31.6 Å². The van der Waals surface area contributed by atoms with Gasteiger partial charge in [-0.1, -0.05) is 30.3 Å². The van der Waals surface area contributed by atoms with Crippen LogP contribution < -0.4 is 20.1 Å². The zero-order chi connectivity index (χ0) is 22.1. The maximum absolute atomic E-state index is 12.9. The molecule has 0 spiro atoms. The molecule has 0 aliphatic rings. The minimum atomic E-state index is -0.461. The van der Waals surface area contributed by atoms with E-state index in [0.29, 0.717) is 22.8 Å². The van der Waals surface area contributed by atoms with Crippen LogP contribution in [-0.2, 0) is 4.79 Å². The zero-order valence-corrected chi connectivity index (χ0v) is 17.3. The van der Waals surface area contributed by atoms with Crippen molar-refractivity contribution >= 4 is 17.9 Å². The summed E-state index contributed by atoms with van der Waals surface area (Å²) in [5.74, 6) is 0.768. The number of methoxy groups -OCH3 is 1. The lowest BCUT2D eigenvalue weighted by Gasteiger charge is -2.18. The van der Waals surface area contributed by atoms with Gasteiger partial charge in [-0.15, -0.1) is 0 Å². The van der Waals surface area contributed by atoms with Crippen molar-refractivity contribution in [1.29, 1.82) is 0 Å². The van der Waals surface area contributed by atoms with Gasteiger partial charge in [0.2, 0.25) is 0 Å². The van der Waals surface area contributed by atoms with Gasteiger partial charge >= 0.3 is 0 Å². The molecule has 2 amide bonds. The van der Waals surface area contributed by atoms with E-state index in [1.54, 1.807) is 62.6 Å². The molecule has 3 aromatic rings. The number of carbonyl (C=O) groups excluding carboxylic acids is 2. The Morgan fingerprint density at radius 3 is 2.39 bits per heavy atom. The van der Waals surface area contributed by atoms with Gasteiger partial charge in [0.1, 0.15) is 18.1 Å². The van der Waals surface area contributed by atoms with Gasteiger partial charge in [0.05, 0.1) is 19.4 Å². The van der Waals surface area contributed by atoms with Gasteiger partial charge in [0.25, 0.3) is 11.8 Å². The van der Waals surface area contributed by atoms with Crippen molar-refractivity contribution in [2.45, 2.75) is 13.0 Å². The first kappa shape index (κ1) is 21.7. The molecule has 0 radical (unpaired) electrons. The van der Waals surface area contributed by atoms with Crippen LogP contribution in [0, 0.1) is 0 Å². The molecule has 7 nitrogen and oxygen atoms in total. The molecule has 1 atom stereocenters. The fourth-order valence-corrected chi connectivity index (χ4v) is 2.75. The van der Waals surface area contributed by atoms with Crippen molar-refractivity contribution in [2.24, 2.45) is 0 Å². The highest BCUT2D eigenvalue weighted by atomic mass is 16.5. The Kier molecular flexibility index (Phi) is 7.48.